The predicted octanol–water partition coefficient (Wildman–Crippen LogP) is 3.24. The number of carbonyl (C=O) groups is 1. The van der Waals surface area contributed by atoms with Crippen molar-refractivity contribution in [1.29, 1.82) is 0 Å². The summed E-state index contributed by atoms with van der Waals surface area (Å²) in [6, 6.07) is 3.80. The molecule has 1 aliphatic rings. The van der Waals surface area contributed by atoms with E-state index in [2.05, 4.69) is 27.7 Å². The molecule has 2 aromatic rings. The van der Waals surface area contributed by atoms with E-state index in [9.17, 15) is 4.79 Å². The molecule has 27 heavy (non-hydrogen) atoms. The highest BCUT2D eigenvalue weighted by Gasteiger charge is 2.17. The van der Waals surface area contributed by atoms with E-state index in [1.165, 1.54) is 0 Å². The molecule has 0 bridgehead atoms. The summed E-state index contributed by atoms with van der Waals surface area (Å²) in [6.45, 7) is 6.10. The molecule has 2 aromatic heterocycles. The maximum atomic E-state index is 12.3. The minimum Gasteiger partial charge on any atom is -0.381 e. The van der Waals surface area contributed by atoms with Crippen LogP contribution in [0.3, 0.4) is 0 Å². The van der Waals surface area contributed by atoms with Crippen molar-refractivity contribution in [3.8, 4) is 0 Å². The second-order valence-electron chi connectivity index (χ2n) is 6.91. The van der Waals surface area contributed by atoms with Crippen LogP contribution in [0.25, 0.3) is 0 Å². The molecule has 1 fully saturated rings. The summed E-state index contributed by atoms with van der Waals surface area (Å²) in [6.07, 6.45) is 6.46. The van der Waals surface area contributed by atoms with Crippen LogP contribution >= 0.6 is 0 Å². The number of carbonyl (C=O) groups excluding carboxylic acids is 1. The Balaban J connectivity index is 1.55. The van der Waals surface area contributed by atoms with Gasteiger partial charge >= 0.3 is 0 Å². The predicted molar refractivity (Wildman–Crippen MR) is 103 cm³/mol. The molecule has 3 rings (SSSR count). The zero-order valence-corrected chi connectivity index (χ0v) is 16.1. The van der Waals surface area contributed by atoms with E-state index in [0.29, 0.717) is 25.3 Å². The Morgan fingerprint density at radius 1 is 1.30 bits per heavy atom. The molecule has 0 atom stereocenters. The molecule has 7 nitrogen and oxygen atoms in total. The highest BCUT2D eigenvalue weighted by Crippen LogP contribution is 2.17. The molecular formula is C20H28N4O3. The zero-order chi connectivity index (χ0) is 19.1. The number of aryl methyl sites for hydroxylation is 2. The van der Waals surface area contributed by atoms with Crippen LogP contribution in [0.15, 0.2) is 22.9 Å². The lowest BCUT2D eigenvalue weighted by Gasteiger charge is -2.23. The number of amides is 1. The molecule has 1 saturated heterocycles. The molecule has 1 aliphatic heterocycles. The summed E-state index contributed by atoms with van der Waals surface area (Å²) in [4.78, 5) is 16.7. The Hall–Kier alpha value is -2.41. The van der Waals surface area contributed by atoms with E-state index in [4.69, 9.17) is 9.26 Å². The molecule has 0 radical (unpaired) electrons. The first-order valence-electron chi connectivity index (χ1n) is 9.70. The monoisotopic (exact) mass is 372 g/mol. The maximum absolute atomic E-state index is 12.3. The third-order valence-corrected chi connectivity index (χ3v) is 4.86. The largest absolute Gasteiger partial charge is 0.381 e. The number of rotatable bonds is 8. The van der Waals surface area contributed by atoms with Crippen LogP contribution in [0.5, 0.6) is 0 Å². The van der Waals surface area contributed by atoms with Crippen LogP contribution < -0.4 is 10.6 Å². The molecule has 0 aromatic carbocycles. The van der Waals surface area contributed by atoms with E-state index in [-0.39, 0.29) is 11.9 Å². The van der Waals surface area contributed by atoms with Gasteiger partial charge in [-0.2, -0.15) is 0 Å². The van der Waals surface area contributed by atoms with Gasteiger partial charge in [-0.05, 0) is 44.7 Å². The number of nitrogens with zero attached hydrogens (tertiary/aromatic N) is 2. The van der Waals surface area contributed by atoms with Crippen LogP contribution in [-0.2, 0) is 17.7 Å². The fourth-order valence-electron chi connectivity index (χ4n) is 3.13. The highest BCUT2D eigenvalue weighted by atomic mass is 16.5. The van der Waals surface area contributed by atoms with E-state index < -0.39 is 0 Å². The first kappa shape index (κ1) is 19.4. The SMILES string of the molecule is CCCCc1noc(C)c1CNc1ccc(C(=O)NC2CCOCC2)cn1. The van der Waals surface area contributed by atoms with Crippen molar-refractivity contribution in [3.05, 3.63) is 40.9 Å². The van der Waals surface area contributed by atoms with Gasteiger partial charge in [-0.3, -0.25) is 4.79 Å². The van der Waals surface area contributed by atoms with Crippen molar-refractivity contribution in [2.24, 2.45) is 0 Å². The lowest BCUT2D eigenvalue weighted by Crippen LogP contribution is -2.38. The molecular weight excluding hydrogens is 344 g/mol. The quantitative estimate of drug-likeness (QED) is 0.739. The number of aromatic nitrogens is 2. The van der Waals surface area contributed by atoms with Gasteiger partial charge in [-0.15, -0.1) is 0 Å². The van der Waals surface area contributed by atoms with Crippen LogP contribution in [0.2, 0.25) is 0 Å². The molecule has 0 spiro atoms. The van der Waals surface area contributed by atoms with Gasteiger partial charge in [-0.1, -0.05) is 18.5 Å². The molecule has 0 saturated carbocycles. The lowest BCUT2D eigenvalue weighted by atomic mass is 10.1. The average molecular weight is 372 g/mol. The molecule has 7 heteroatoms. The van der Waals surface area contributed by atoms with Crippen molar-refractivity contribution >= 4 is 11.7 Å². The average Bonchev–Trinajstić information content (AvgIpc) is 3.05. The molecule has 146 valence electrons. The molecule has 3 heterocycles. The minimum absolute atomic E-state index is 0.0855. The number of unbranched alkanes of at least 4 members (excludes halogenated alkanes) is 1. The van der Waals surface area contributed by atoms with Crippen molar-refractivity contribution in [2.45, 2.75) is 58.5 Å². The van der Waals surface area contributed by atoms with Gasteiger partial charge in [-0.25, -0.2) is 4.98 Å². The summed E-state index contributed by atoms with van der Waals surface area (Å²) in [5.74, 6) is 1.47. The minimum atomic E-state index is -0.0855. The van der Waals surface area contributed by atoms with Crippen molar-refractivity contribution in [1.82, 2.24) is 15.5 Å². The number of nitrogens with one attached hydrogen (secondary N) is 2. The number of hydrogen-bond donors (Lipinski definition) is 2. The van der Waals surface area contributed by atoms with Crippen LogP contribution in [-0.4, -0.2) is 35.3 Å². The normalized spacial score (nSPS) is 14.9. The van der Waals surface area contributed by atoms with Crippen molar-refractivity contribution in [3.63, 3.8) is 0 Å². The Labute approximate surface area is 159 Å². The fraction of sp³-hybridized carbons (Fsp3) is 0.550. The first-order valence-corrected chi connectivity index (χ1v) is 9.70. The first-order chi connectivity index (χ1) is 13.2. The summed E-state index contributed by atoms with van der Waals surface area (Å²) in [5.41, 5.74) is 2.66. The number of hydrogen-bond acceptors (Lipinski definition) is 6. The van der Waals surface area contributed by atoms with Crippen LogP contribution in [0, 0.1) is 6.92 Å². The van der Waals surface area contributed by atoms with E-state index >= 15 is 0 Å². The van der Waals surface area contributed by atoms with E-state index in [1.54, 1.807) is 12.3 Å². The Kier molecular flexibility index (Phi) is 6.81. The summed E-state index contributed by atoms with van der Waals surface area (Å²) in [5, 5.41) is 10.5. The number of ether oxygens (including phenoxy) is 1. The van der Waals surface area contributed by atoms with Gasteiger partial charge in [0.25, 0.3) is 5.91 Å². The Morgan fingerprint density at radius 2 is 2.11 bits per heavy atom. The lowest BCUT2D eigenvalue weighted by molar-refractivity contribution is 0.0696. The molecule has 1 amide bonds. The smallest absolute Gasteiger partial charge is 0.253 e. The second-order valence-corrected chi connectivity index (χ2v) is 6.91. The summed E-state index contributed by atoms with van der Waals surface area (Å²) >= 11 is 0. The third kappa shape index (κ3) is 5.29. The second kappa shape index (κ2) is 9.50. The molecule has 0 unspecified atom stereocenters. The van der Waals surface area contributed by atoms with Crippen molar-refractivity contribution < 1.29 is 14.1 Å². The number of anilines is 1. The number of pyridine rings is 1. The van der Waals surface area contributed by atoms with Crippen LogP contribution in [0.1, 0.15) is 60.0 Å². The van der Waals surface area contributed by atoms with E-state index in [1.807, 2.05) is 13.0 Å². The van der Waals surface area contributed by atoms with Gasteiger partial charge in [0.15, 0.2) is 0 Å². The van der Waals surface area contributed by atoms with Gasteiger partial charge in [0.1, 0.15) is 11.6 Å². The Bertz CT molecular complexity index is 736. The standard InChI is InChI=1S/C20H28N4O3/c1-3-4-5-18-17(14(2)27-24-18)13-22-19-7-6-15(12-21-19)20(25)23-16-8-10-26-11-9-16/h6-7,12,16H,3-5,8-11,13H2,1-2H3,(H,21,22)(H,23,25). The topological polar surface area (TPSA) is 89.3 Å². The maximum Gasteiger partial charge on any atom is 0.253 e. The van der Waals surface area contributed by atoms with Crippen LogP contribution in [0.4, 0.5) is 5.82 Å². The molecule has 0 aliphatic carbocycles. The summed E-state index contributed by atoms with van der Waals surface area (Å²) < 4.78 is 10.6. The van der Waals surface area contributed by atoms with Gasteiger partial charge < -0.3 is 19.9 Å². The van der Waals surface area contributed by atoms with Gasteiger partial charge in [0.2, 0.25) is 0 Å². The van der Waals surface area contributed by atoms with Gasteiger partial charge in [0, 0.05) is 37.6 Å². The summed E-state index contributed by atoms with van der Waals surface area (Å²) in [7, 11) is 0. The Morgan fingerprint density at radius 3 is 2.81 bits per heavy atom. The third-order valence-electron chi connectivity index (χ3n) is 4.86. The van der Waals surface area contributed by atoms with Crippen molar-refractivity contribution in [2.75, 3.05) is 18.5 Å². The fourth-order valence-corrected chi connectivity index (χ4v) is 3.13. The molecule has 2 N–H and O–H groups in total. The highest BCUT2D eigenvalue weighted by molar-refractivity contribution is 5.94. The van der Waals surface area contributed by atoms with E-state index in [0.717, 1.165) is 54.9 Å². The van der Waals surface area contributed by atoms with Gasteiger partial charge in [0.05, 0.1) is 11.3 Å². The zero-order valence-electron chi connectivity index (χ0n) is 16.1.